The van der Waals surface area contributed by atoms with Gasteiger partial charge in [-0.3, -0.25) is 4.79 Å². The summed E-state index contributed by atoms with van der Waals surface area (Å²) in [4.78, 5) is 12.0. The number of aliphatic hydroxyl groups is 1. The number of ketones is 1. The van der Waals surface area contributed by atoms with E-state index in [1.165, 1.54) is 11.1 Å². The highest BCUT2D eigenvalue weighted by molar-refractivity contribution is 5.86. The zero-order valence-electron chi connectivity index (χ0n) is 12.4. The van der Waals surface area contributed by atoms with Crippen LogP contribution < -0.4 is 0 Å². The fourth-order valence-electron chi connectivity index (χ4n) is 5.34. The van der Waals surface area contributed by atoms with Crippen LogP contribution >= 0.6 is 0 Å². The second kappa shape index (κ2) is 4.33. The van der Waals surface area contributed by atoms with E-state index in [-0.39, 0.29) is 11.2 Å². The second-order valence-electron chi connectivity index (χ2n) is 7.42. The average Bonchev–Trinajstić information content (AvgIpc) is 2.70. The van der Waals surface area contributed by atoms with E-state index in [4.69, 9.17) is 0 Å². The normalized spacial score (nSPS) is 41.3. The lowest BCUT2D eigenvalue weighted by Crippen LogP contribution is -2.44. The minimum absolute atomic E-state index is 0.0413. The molecule has 112 valence electrons. The molecule has 5 atom stereocenters. The number of hydrogen-bond donors (Lipinski definition) is 2. The van der Waals surface area contributed by atoms with Gasteiger partial charge in [0.25, 0.3) is 0 Å². The molecule has 2 saturated carbocycles. The number of phenols is 1. The van der Waals surface area contributed by atoms with E-state index < -0.39 is 6.10 Å². The minimum Gasteiger partial charge on any atom is -0.508 e. The standard InChI is InChI=1S/C18H22O3/c1-18-7-6-13-12-5-3-11(19)8-10(12)2-4-14(13)15(18)9-16(20)17(18)21/h3,5,8,13-15,17,19,21H,2,4,6-7,9H2,1H3/t13-,14+,15+,17+,18+/m1/s1. The summed E-state index contributed by atoms with van der Waals surface area (Å²) in [5, 5.41) is 20.0. The van der Waals surface area contributed by atoms with Gasteiger partial charge in [-0.15, -0.1) is 0 Å². The molecule has 0 radical (unpaired) electrons. The van der Waals surface area contributed by atoms with Gasteiger partial charge in [-0.05, 0) is 66.7 Å². The Kier molecular flexibility index (Phi) is 2.74. The maximum atomic E-state index is 12.0. The number of rotatable bonds is 0. The molecule has 21 heavy (non-hydrogen) atoms. The molecule has 3 aliphatic rings. The Hall–Kier alpha value is -1.35. The number of hydrogen-bond acceptors (Lipinski definition) is 3. The minimum atomic E-state index is -0.760. The molecule has 1 aromatic carbocycles. The highest BCUT2D eigenvalue weighted by Crippen LogP contribution is 2.60. The van der Waals surface area contributed by atoms with Gasteiger partial charge in [-0.25, -0.2) is 0 Å². The van der Waals surface area contributed by atoms with Gasteiger partial charge in [0, 0.05) is 11.8 Å². The van der Waals surface area contributed by atoms with Gasteiger partial charge < -0.3 is 10.2 Å². The Balaban J connectivity index is 1.73. The molecule has 3 aliphatic carbocycles. The third-order valence-electron chi connectivity index (χ3n) is 6.50. The Morgan fingerprint density at radius 3 is 2.90 bits per heavy atom. The molecule has 0 saturated heterocycles. The smallest absolute Gasteiger partial charge is 0.162 e. The van der Waals surface area contributed by atoms with Crippen LogP contribution in [0.2, 0.25) is 0 Å². The number of benzene rings is 1. The van der Waals surface area contributed by atoms with Crippen molar-refractivity contribution in [2.75, 3.05) is 0 Å². The monoisotopic (exact) mass is 286 g/mol. The van der Waals surface area contributed by atoms with Crippen LogP contribution in [0.1, 0.15) is 49.7 Å². The molecule has 4 rings (SSSR count). The van der Waals surface area contributed by atoms with Crippen LogP contribution in [0.3, 0.4) is 0 Å². The second-order valence-corrected chi connectivity index (χ2v) is 7.42. The van der Waals surface area contributed by atoms with E-state index in [1.807, 2.05) is 6.07 Å². The molecule has 2 fully saturated rings. The summed E-state index contributed by atoms with van der Waals surface area (Å²) in [6.07, 6.45) is 3.80. The lowest BCUT2D eigenvalue weighted by Gasteiger charge is -2.49. The van der Waals surface area contributed by atoms with Crippen molar-refractivity contribution in [3.8, 4) is 5.75 Å². The highest BCUT2D eigenvalue weighted by Gasteiger charge is 2.57. The van der Waals surface area contributed by atoms with Crippen LogP contribution in [-0.2, 0) is 11.2 Å². The van der Waals surface area contributed by atoms with Crippen molar-refractivity contribution in [1.82, 2.24) is 0 Å². The summed E-state index contributed by atoms with van der Waals surface area (Å²) in [6.45, 7) is 2.11. The first-order valence-corrected chi connectivity index (χ1v) is 8.03. The van der Waals surface area contributed by atoms with Gasteiger partial charge in [0.15, 0.2) is 5.78 Å². The quantitative estimate of drug-likeness (QED) is 0.771. The predicted molar refractivity (Wildman–Crippen MR) is 79.1 cm³/mol. The molecule has 0 unspecified atom stereocenters. The van der Waals surface area contributed by atoms with E-state index in [0.29, 0.717) is 29.9 Å². The zero-order chi connectivity index (χ0) is 14.8. The Morgan fingerprint density at radius 2 is 2.10 bits per heavy atom. The Bertz CT molecular complexity index is 608. The molecular weight excluding hydrogens is 264 g/mol. The van der Waals surface area contributed by atoms with Gasteiger partial charge in [0.2, 0.25) is 0 Å². The van der Waals surface area contributed by atoms with Gasteiger partial charge in [0.1, 0.15) is 11.9 Å². The molecule has 3 heteroatoms. The van der Waals surface area contributed by atoms with Crippen molar-refractivity contribution in [3.63, 3.8) is 0 Å². The summed E-state index contributed by atoms with van der Waals surface area (Å²) in [5.41, 5.74) is 2.41. The van der Waals surface area contributed by atoms with E-state index in [0.717, 1.165) is 25.7 Å². The van der Waals surface area contributed by atoms with Crippen molar-refractivity contribution in [3.05, 3.63) is 29.3 Å². The predicted octanol–water partition coefficient (Wildman–Crippen LogP) is 2.79. The Labute approximate surface area is 125 Å². The zero-order valence-corrected chi connectivity index (χ0v) is 12.4. The van der Waals surface area contributed by atoms with Gasteiger partial charge >= 0.3 is 0 Å². The van der Waals surface area contributed by atoms with Crippen LogP contribution in [0, 0.1) is 17.3 Å². The van der Waals surface area contributed by atoms with Crippen LogP contribution in [0.4, 0.5) is 0 Å². The summed E-state index contributed by atoms with van der Waals surface area (Å²) in [5.74, 6) is 1.70. The van der Waals surface area contributed by atoms with E-state index in [1.54, 1.807) is 6.07 Å². The number of aliphatic hydroxyl groups excluding tert-OH is 1. The van der Waals surface area contributed by atoms with Crippen molar-refractivity contribution in [2.24, 2.45) is 17.3 Å². The number of aromatic hydroxyl groups is 1. The molecule has 0 aliphatic heterocycles. The first-order valence-electron chi connectivity index (χ1n) is 8.03. The Morgan fingerprint density at radius 1 is 1.29 bits per heavy atom. The summed E-state index contributed by atoms with van der Waals surface area (Å²) in [6, 6.07) is 5.75. The highest BCUT2D eigenvalue weighted by atomic mass is 16.3. The fraction of sp³-hybridized carbons (Fsp3) is 0.611. The SMILES string of the molecule is C[C@]12CC[C@@H]3c4ccc(O)cc4CC[C@@H]3[C@@H]1CC(=O)[C@@H]2O. The summed E-state index contributed by atoms with van der Waals surface area (Å²) < 4.78 is 0. The van der Waals surface area contributed by atoms with Crippen LogP contribution in [0.25, 0.3) is 0 Å². The van der Waals surface area contributed by atoms with Crippen LogP contribution in [0.5, 0.6) is 5.75 Å². The first-order chi connectivity index (χ1) is 10.0. The van der Waals surface area contributed by atoms with Gasteiger partial charge in [0.05, 0.1) is 0 Å². The molecule has 0 aromatic heterocycles. The topological polar surface area (TPSA) is 57.5 Å². The number of fused-ring (bicyclic) bond motifs is 5. The number of carbonyl (C=O) groups excluding carboxylic acids is 1. The van der Waals surface area contributed by atoms with Crippen molar-refractivity contribution < 1.29 is 15.0 Å². The van der Waals surface area contributed by atoms with Crippen molar-refractivity contribution in [2.45, 2.75) is 51.0 Å². The molecule has 3 nitrogen and oxygen atoms in total. The molecule has 0 heterocycles. The molecule has 0 bridgehead atoms. The maximum absolute atomic E-state index is 12.0. The van der Waals surface area contributed by atoms with E-state index in [2.05, 4.69) is 13.0 Å². The number of phenolic OH excluding ortho intramolecular Hbond substituents is 1. The third kappa shape index (κ3) is 1.73. The lowest BCUT2D eigenvalue weighted by molar-refractivity contribution is -0.128. The third-order valence-corrected chi connectivity index (χ3v) is 6.50. The molecule has 0 spiro atoms. The molecule has 1 aromatic rings. The largest absolute Gasteiger partial charge is 0.508 e. The molecule has 2 N–H and O–H groups in total. The number of aryl methyl sites for hydroxylation is 1. The molecular formula is C18H22O3. The summed E-state index contributed by atoms with van der Waals surface area (Å²) >= 11 is 0. The van der Waals surface area contributed by atoms with E-state index >= 15 is 0 Å². The number of carbonyl (C=O) groups is 1. The maximum Gasteiger partial charge on any atom is 0.162 e. The van der Waals surface area contributed by atoms with Crippen molar-refractivity contribution in [1.29, 1.82) is 0 Å². The summed E-state index contributed by atoms with van der Waals surface area (Å²) in [7, 11) is 0. The fourth-order valence-corrected chi connectivity index (χ4v) is 5.34. The lowest BCUT2D eigenvalue weighted by atomic mass is 9.55. The number of Topliss-reactive ketones (excluding diaryl/α,β-unsaturated/α-hetero) is 1. The van der Waals surface area contributed by atoms with Gasteiger partial charge in [-0.1, -0.05) is 13.0 Å². The average molecular weight is 286 g/mol. The van der Waals surface area contributed by atoms with E-state index in [9.17, 15) is 15.0 Å². The van der Waals surface area contributed by atoms with Crippen LogP contribution in [0.15, 0.2) is 18.2 Å². The van der Waals surface area contributed by atoms with Crippen molar-refractivity contribution >= 4 is 5.78 Å². The van der Waals surface area contributed by atoms with Gasteiger partial charge in [-0.2, -0.15) is 0 Å². The van der Waals surface area contributed by atoms with Crippen LogP contribution in [-0.4, -0.2) is 22.1 Å². The first kappa shape index (κ1) is 13.3. The molecule has 0 amide bonds.